The molecule has 100 valence electrons. The first-order valence-corrected chi connectivity index (χ1v) is 5.99. The van der Waals surface area contributed by atoms with Crippen LogP contribution in [0, 0.1) is 5.82 Å². The normalized spacial score (nSPS) is 10.3. The van der Waals surface area contributed by atoms with E-state index in [1.807, 2.05) is 0 Å². The zero-order valence-corrected chi connectivity index (χ0v) is 11.1. The van der Waals surface area contributed by atoms with Crippen LogP contribution in [0.15, 0.2) is 36.4 Å². The summed E-state index contributed by atoms with van der Waals surface area (Å²) in [5.41, 5.74) is 6.59. The molecule has 2 aromatic rings. The van der Waals surface area contributed by atoms with Gasteiger partial charge in [-0.15, -0.1) is 0 Å². The second-order valence-corrected chi connectivity index (χ2v) is 4.32. The summed E-state index contributed by atoms with van der Waals surface area (Å²) in [6.07, 6.45) is 0. The van der Waals surface area contributed by atoms with Crippen LogP contribution in [0.3, 0.4) is 0 Å². The van der Waals surface area contributed by atoms with Crippen LogP contribution in [-0.2, 0) is 6.61 Å². The van der Waals surface area contributed by atoms with E-state index in [1.165, 1.54) is 13.2 Å². The fourth-order valence-electron chi connectivity index (χ4n) is 1.62. The standard InChI is InChI=1S/C14H13ClFNO2/c1-18-13-7-10(17)5-6-12(13)19-8-9-3-2-4-11(15)14(9)16/h2-7H,8,17H2,1H3. The SMILES string of the molecule is COc1cc(N)ccc1OCc1cccc(Cl)c1F. The summed E-state index contributed by atoms with van der Waals surface area (Å²) in [6.45, 7) is 0.0622. The van der Waals surface area contributed by atoms with Crippen molar-refractivity contribution in [1.82, 2.24) is 0 Å². The number of nitrogens with two attached hydrogens (primary N) is 1. The van der Waals surface area contributed by atoms with E-state index >= 15 is 0 Å². The molecule has 0 saturated heterocycles. The molecule has 0 fully saturated rings. The molecule has 0 heterocycles. The largest absolute Gasteiger partial charge is 0.493 e. The number of ether oxygens (including phenoxy) is 2. The number of rotatable bonds is 4. The highest BCUT2D eigenvalue weighted by atomic mass is 35.5. The number of anilines is 1. The predicted molar refractivity (Wildman–Crippen MR) is 73.1 cm³/mol. The van der Waals surface area contributed by atoms with Gasteiger partial charge in [0.15, 0.2) is 11.5 Å². The van der Waals surface area contributed by atoms with E-state index in [-0.39, 0.29) is 11.6 Å². The highest BCUT2D eigenvalue weighted by Crippen LogP contribution is 2.30. The van der Waals surface area contributed by atoms with Crippen LogP contribution in [0.5, 0.6) is 11.5 Å². The number of nitrogen functional groups attached to an aromatic ring is 1. The Kier molecular flexibility index (Phi) is 4.12. The zero-order valence-electron chi connectivity index (χ0n) is 10.3. The third kappa shape index (κ3) is 3.09. The molecule has 0 aliphatic carbocycles. The van der Waals surface area contributed by atoms with Crippen molar-refractivity contribution in [1.29, 1.82) is 0 Å². The Labute approximate surface area is 115 Å². The molecule has 2 aromatic carbocycles. The first kappa shape index (κ1) is 13.5. The van der Waals surface area contributed by atoms with Gasteiger partial charge in [-0.1, -0.05) is 23.7 Å². The quantitative estimate of drug-likeness (QED) is 0.870. The highest BCUT2D eigenvalue weighted by Gasteiger charge is 2.09. The molecule has 0 aliphatic rings. The summed E-state index contributed by atoms with van der Waals surface area (Å²) in [6, 6.07) is 9.78. The van der Waals surface area contributed by atoms with Gasteiger partial charge in [-0.25, -0.2) is 4.39 Å². The molecular formula is C14H13ClFNO2. The second kappa shape index (κ2) is 5.80. The van der Waals surface area contributed by atoms with Crippen LogP contribution in [-0.4, -0.2) is 7.11 Å². The van der Waals surface area contributed by atoms with Crippen LogP contribution < -0.4 is 15.2 Å². The Morgan fingerprint density at radius 3 is 2.74 bits per heavy atom. The van der Waals surface area contributed by atoms with Gasteiger partial charge in [0.2, 0.25) is 0 Å². The summed E-state index contributed by atoms with van der Waals surface area (Å²) in [5, 5.41) is 0.0744. The first-order valence-electron chi connectivity index (χ1n) is 5.61. The van der Waals surface area contributed by atoms with Crippen LogP contribution in [0.25, 0.3) is 0 Å². The molecule has 0 saturated carbocycles. The Balaban J connectivity index is 2.17. The summed E-state index contributed by atoms with van der Waals surface area (Å²) in [4.78, 5) is 0. The summed E-state index contributed by atoms with van der Waals surface area (Å²) in [7, 11) is 1.52. The lowest BCUT2D eigenvalue weighted by atomic mass is 10.2. The van der Waals surface area contributed by atoms with E-state index in [1.54, 1.807) is 30.3 Å². The van der Waals surface area contributed by atoms with Gasteiger partial charge >= 0.3 is 0 Å². The number of methoxy groups -OCH3 is 1. The Morgan fingerprint density at radius 2 is 2.00 bits per heavy atom. The van der Waals surface area contributed by atoms with Gasteiger partial charge < -0.3 is 15.2 Å². The zero-order chi connectivity index (χ0) is 13.8. The average molecular weight is 282 g/mol. The van der Waals surface area contributed by atoms with E-state index in [0.29, 0.717) is 22.7 Å². The molecule has 0 radical (unpaired) electrons. The molecule has 0 atom stereocenters. The third-order valence-electron chi connectivity index (χ3n) is 2.60. The highest BCUT2D eigenvalue weighted by molar-refractivity contribution is 6.30. The topological polar surface area (TPSA) is 44.5 Å². The fraction of sp³-hybridized carbons (Fsp3) is 0.143. The molecule has 19 heavy (non-hydrogen) atoms. The van der Waals surface area contributed by atoms with E-state index < -0.39 is 5.82 Å². The van der Waals surface area contributed by atoms with Crippen molar-refractivity contribution in [3.63, 3.8) is 0 Å². The van der Waals surface area contributed by atoms with Crippen LogP contribution in [0.2, 0.25) is 5.02 Å². The minimum atomic E-state index is -0.474. The lowest BCUT2D eigenvalue weighted by Crippen LogP contribution is -2.01. The van der Waals surface area contributed by atoms with Crippen LogP contribution in [0.1, 0.15) is 5.56 Å². The molecule has 2 rings (SSSR count). The van der Waals surface area contributed by atoms with Gasteiger partial charge in [-0.3, -0.25) is 0 Å². The monoisotopic (exact) mass is 281 g/mol. The van der Waals surface area contributed by atoms with Crippen molar-refractivity contribution in [3.05, 3.63) is 52.8 Å². The van der Waals surface area contributed by atoms with Gasteiger partial charge in [0.25, 0.3) is 0 Å². The minimum absolute atomic E-state index is 0.0622. The summed E-state index contributed by atoms with van der Waals surface area (Å²) < 4.78 is 24.4. The molecule has 0 amide bonds. The van der Waals surface area contributed by atoms with Crippen molar-refractivity contribution in [2.75, 3.05) is 12.8 Å². The number of halogens is 2. The van der Waals surface area contributed by atoms with Crippen molar-refractivity contribution in [3.8, 4) is 11.5 Å². The Bertz CT molecular complexity index is 590. The van der Waals surface area contributed by atoms with Gasteiger partial charge in [0, 0.05) is 17.3 Å². The Morgan fingerprint density at radius 1 is 1.21 bits per heavy atom. The maximum Gasteiger partial charge on any atom is 0.162 e. The molecule has 5 heteroatoms. The molecule has 0 aromatic heterocycles. The van der Waals surface area contributed by atoms with Gasteiger partial charge in [0.1, 0.15) is 12.4 Å². The maximum atomic E-state index is 13.7. The van der Waals surface area contributed by atoms with Gasteiger partial charge in [-0.05, 0) is 18.2 Å². The van der Waals surface area contributed by atoms with Crippen LogP contribution >= 0.6 is 11.6 Å². The van der Waals surface area contributed by atoms with Crippen LogP contribution in [0.4, 0.5) is 10.1 Å². The summed E-state index contributed by atoms with van der Waals surface area (Å²) in [5.74, 6) is 0.525. The lowest BCUT2D eigenvalue weighted by molar-refractivity contribution is 0.280. The molecule has 0 unspecified atom stereocenters. The molecular weight excluding hydrogens is 269 g/mol. The van der Waals surface area contributed by atoms with Crippen molar-refractivity contribution in [2.24, 2.45) is 0 Å². The summed E-state index contributed by atoms with van der Waals surface area (Å²) >= 11 is 5.70. The fourth-order valence-corrected chi connectivity index (χ4v) is 1.81. The lowest BCUT2D eigenvalue weighted by Gasteiger charge is -2.11. The average Bonchev–Trinajstić information content (AvgIpc) is 2.41. The molecule has 0 spiro atoms. The smallest absolute Gasteiger partial charge is 0.162 e. The number of hydrogen-bond donors (Lipinski definition) is 1. The predicted octanol–water partition coefficient (Wildman–Crippen LogP) is 3.65. The van der Waals surface area contributed by atoms with Crippen molar-refractivity contribution < 1.29 is 13.9 Å². The number of hydrogen-bond acceptors (Lipinski definition) is 3. The van der Waals surface area contributed by atoms with Gasteiger partial charge in [-0.2, -0.15) is 0 Å². The van der Waals surface area contributed by atoms with Crippen molar-refractivity contribution >= 4 is 17.3 Å². The minimum Gasteiger partial charge on any atom is -0.493 e. The molecule has 0 aliphatic heterocycles. The third-order valence-corrected chi connectivity index (χ3v) is 2.89. The number of benzene rings is 2. The van der Waals surface area contributed by atoms with E-state index in [2.05, 4.69) is 0 Å². The first-order chi connectivity index (χ1) is 9.11. The van der Waals surface area contributed by atoms with E-state index in [4.69, 9.17) is 26.8 Å². The van der Waals surface area contributed by atoms with E-state index in [0.717, 1.165) is 0 Å². The van der Waals surface area contributed by atoms with E-state index in [9.17, 15) is 4.39 Å². The van der Waals surface area contributed by atoms with Gasteiger partial charge in [0.05, 0.1) is 12.1 Å². The second-order valence-electron chi connectivity index (χ2n) is 3.91. The molecule has 0 bridgehead atoms. The molecule has 3 nitrogen and oxygen atoms in total. The maximum absolute atomic E-state index is 13.7. The Hall–Kier alpha value is -1.94. The van der Waals surface area contributed by atoms with Crippen molar-refractivity contribution in [2.45, 2.75) is 6.61 Å². The molecule has 2 N–H and O–H groups in total.